The van der Waals surface area contributed by atoms with Crippen molar-refractivity contribution in [1.29, 1.82) is 0 Å². The van der Waals surface area contributed by atoms with Crippen molar-refractivity contribution in [3.63, 3.8) is 0 Å². The second-order valence-corrected chi connectivity index (χ2v) is 9.97. The van der Waals surface area contributed by atoms with Gasteiger partial charge in [0.25, 0.3) is 5.91 Å². The number of carbonyl (C=O) groups is 2. The van der Waals surface area contributed by atoms with Crippen LogP contribution in [0.15, 0.2) is 41.8 Å². The molecule has 0 bridgehead atoms. The van der Waals surface area contributed by atoms with Gasteiger partial charge in [-0.1, -0.05) is 6.07 Å². The van der Waals surface area contributed by atoms with Gasteiger partial charge < -0.3 is 33.7 Å². The Kier molecular flexibility index (Phi) is 5.83. The molecule has 192 valence electrons. The Bertz CT molecular complexity index is 1350. The van der Waals surface area contributed by atoms with Gasteiger partial charge in [0.2, 0.25) is 12.5 Å². The average Bonchev–Trinajstić information content (AvgIpc) is 3.68. The van der Waals surface area contributed by atoms with Crippen LogP contribution < -0.4 is 29.0 Å². The SMILES string of the molecule is COc1cc(C2c3cc4c(cc3[C@H](NC(=O)c3cccs3)C3COC(=O)[C@H]23)OCO4)cc(OC)c1OC. The highest BCUT2D eigenvalue weighted by molar-refractivity contribution is 7.12. The van der Waals surface area contributed by atoms with Crippen LogP contribution in [0.25, 0.3) is 0 Å². The first-order chi connectivity index (χ1) is 18.0. The molecule has 1 aromatic heterocycles. The number of hydrogen-bond donors (Lipinski definition) is 1. The number of ether oxygens (including phenoxy) is 6. The summed E-state index contributed by atoms with van der Waals surface area (Å²) in [6.07, 6.45) is 0. The van der Waals surface area contributed by atoms with E-state index in [-0.39, 0.29) is 31.2 Å². The van der Waals surface area contributed by atoms with Gasteiger partial charge in [0.05, 0.1) is 44.8 Å². The Labute approximate surface area is 217 Å². The van der Waals surface area contributed by atoms with Crippen LogP contribution in [0.1, 0.15) is 38.3 Å². The molecule has 1 aliphatic carbocycles. The Morgan fingerprint density at radius 1 is 0.973 bits per heavy atom. The van der Waals surface area contributed by atoms with E-state index in [1.807, 2.05) is 35.7 Å². The molecule has 0 radical (unpaired) electrons. The van der Waals surface area contributed by atoms with Crippen LogP contribution in [0.3, 0.4) is 0 Å². The summed E-state index contributed by atoms with van der Waals surface area (Å²) in [6.45, 7) is 0.294. The summed E-state index contributed by atoms with van der Waals surface area (Å²) in [5.41, 5.74) is 2.49. The van der Waals surface area contributed by atoms with Gasteiger partial charge in [-0.05, 0) is 52.4 Å². The van der Waals surface area contributed by atoms with Crippen molar-refractivity contribution in [3.8, 4) is 28.7 Å². The van der Waals surface area contributed by atoms with E-state index in [4.69, 9.17) is 28.4 Å². The van der Waals surface area contributed by atoms with Gasteiger partial charge in [-0.25, -0.2) is 0 Å². The van der Waals surface area contributed by atoms with Gasteiger partial charge in [0, 0.05) is 11.8 Å². The van der Waals surface area contributed by atoms with Crippen molar-refractivity contribution in [1.82, 2.24) is 5.32 Å². The van der Waals surface area contributed by atoms with Crippen LogP contribution >= 0.6 is 11.3 Å². The first kappa shape index (κ1) is 23.5. The van der Waals surface area contributed by atoms with Crippen LogP contribution in [0.4, 0.5) is 0 Å². The summed E-state index contributed by atoms with van der Waals surface area (Å²) in [6, 6.07) is 10.7. The standard InChI is InChI=1S/C27H25NO8S/c1-31-19-7-13(8-20(32-2)25(19)33-3)22-14-9-17-18(36-12-35-17)10-15(14)24(16-11-34-27(30)23(16)22)28-26(29)21-5-4-6-37-21/h4-10,16,22-24H,11-12H2,1-3H3,(H,28,29)/t16?,22?,23-,24-/m0/s1. The van der Waals surface area contributed by atoms with E-state index < -0.39 is 17.9 Å². The van der Waals surface area contributed by atoms with Gasteiger partial charge in [0.1, 0.15) is 0 Å². The van der Waals surface area contributed by atoms with Crippen LogP contribution in [0.5, 0.6) is 28.7 Å². The largest absolute Gasteiger partial charge is 0.493 e. The number of rotatable bonds is 6. The fourth-order valence-electron chi connectivity index (χ4n) is 5.65. The van der Waals surface area contributed by atoms with Crippen molar-refractivity contribution in [2.45, 2.75) is 12.0 Å². The molecule has 1 amide bonds. The zero-order valence-electron chi connectivity index (χ0n) is 20.4. The van der Waals surface area contributed by atoms with Crippen molar-refractivity contribution < 1.29 is 38.0 Å². The second kappa shape index (κ2) is 9.19. The predicted octanol–water partition coefficient (Wildman–Crippen LogP) is 3.91. The monoisotopic (exact) mass is 523 g/mol. The first-order valence-corrected chi connectivity index (χ1v) is 12.7. The van der Waals surface area contributed by atoms with Gasteiger partial charge in [-0.15, -0.1) is 11.3 Å². The average molecular weight is 524 g/mol. The van der Waals surface area contributed by atoms with Gasteiger partial charge in [-0.2, -0.15) is 0 Å². The molecule has 2 unspecified atom stereocenters. The maximum atomic E-state index is 13.3. The number of fused-ring (bicyclic) bond motifs is 3. The quantitative estimate of drug-likeness (QED) is 0.486. The van der Waals surface area contributed by atoms with Crippen LogP contribution in [-0.2, 0) is 9.53 Å². The van der Waals surface area contributed by atoms with Crippen molar-refractivity contribution in [3.05, 3.63) is 63.3 Å². The van der Waals surface area contributed by atoms with Crippen molar-refractivity contribution in [2.24, 2.45) is 11.8 Å². The molecule has 3 aromatic rings. The molecule has 1 fully saturated rings. The fourth-order valence-corrected chi connectivity index (χ4v) is 6.28. The number of benzene rings is 2. The lowest BCUT2D eigenvalue weighted by Crippen LogP contribution is -2.42. The number of nitrogens with one attached hydrogen (secondary N) is 1. The molecule has 3 aliphatic rings. The molecule has 10 heteroatoms. The normalized spacial score (nSPS) is 23.1. The maximum absolute atomic E-state index is 13.3. The Balaban J connectivity index is 1.54. The van der Waals surface area contributed by atoms with Crippen LogP contribution in [0.2, 0.25) is 0 Å². The summed E-state index contributed by atoms with van der Waals surface area (Å²) in [5, 5.41) is 5.02. The Morgan fingerprint density at radius 2 is 1.68 bits per heavy atom. The number of methoxy groups -OCH3 is 3. The predicted molar refractivity (Wildman–Crippen MR) is 133 cm³/mol. The van der Waals surface area contributed by atoms with Crippen molar-refractivity contribution in [2.75, 3.05) is 34.7 Å². The number of hydrogen-bond acceptors (Lipinski definition) is 9. The molecule has 9 nitrogen and oxygen atoms in total. The van der Waals surface area contributed by atoms with E-state index in [1.165, 1.54) is 11.3 Å². The Hall–Kier alpha value is -3.92. The number of esters is 1. The van der Waals surface area contributed by atoms with E-state index >= 15 is 0 Å². The summed E-state index contributed by atoms with van der Waals surface area (Å²) >= 11 is 1.36. The molecule has 2 aliphatic heterocycles. The third kappa shape index (κ3) is 3.74. The summed E-state index contributed by atoms with van der Waals surface area (Å²) < 4.78 is 33.7. The number of cyclic esters (lactones) is 1. The Morgan fingerprint density at radius 3 is 2.30 bits per heavy atom. The van der Waals surface area contributed by atoms with E-state index in [0.29, 0.717) is 33.6 Å². The third-order valence-corrected chi connectivity index (χ3v) is 8.13. The molecule has 1 N–H and O–H groups in total. The summed E-state index contributed by atoms with van der Waals surface area (Å²) in [7, 11) is 4.65. The highest BCUT2D eigenvalue weighted by Crippen LogP contribution is 2.55. The molecule has 0 spiro atoms. The van der Waals surface area contributed by atoms with Crippen LogP contribution in [-0.4, -0.2) is 46.6 Å². The highest BCUT2D eigenvalue weighted by Gasteiger charge is 2.53. The molecule has 2 aromatic carbocycles. The maximum Gasteiger partial charge on any atom is 0.310 e. The van der Waals surface area contributed by atoms with Crippen LogP contribution in [0, 0.1) is 11.8 Å². The third-order valence-electron chi connectivity index (χ3n) is 7.26. The molecule has 37 heavy (non-hydrogen) atoms. The van der Waals surface area contributed by atoms with E-state index in [0.717, 1.165) is 16.7 Å². The van der Waals surface area contributed by atoms with Gasteiger partial charge in [-0.3, -0.25) is 9.59 Å². The van der Waals surface area contributed by atoms with E-state index in [1.54, 1.807) is 27.4 Å². The minimum absolute atomic E-state index is 0.105. The van der Waals surface area contributed by atoms with Gasteiger partial charge in [0.15, 0.2) is 23.0 Å². The minimum Gasteiger partial charge on any atom is -0.493 e. The number of thiophene rings is 1. The van der Waals surface area contributed by atoms with E-state index in [9.17, 15) is 9.59 Å². The lowest BCUT2D eigenvalue weighted by Gasteiger charge is -2.39. The molecule has 0 saturated carbocycles. The second-order valence-electron chi connectivity index (χ2n) is 9.02. The number of carbonyl (C=O) groups excluding carboxylic acids is 2. The van der Waals surface area contributed by atoms with Gasteiger partial charge >= 0.3 is 5.97 Å². The summed E-state index contributed by atoms with van der Waals surface area (Å²) in [4.78, 5) is 27.0. The molecular formula is C27H25NO8S. The fraction of sp³-hybridized carbons (Fsp3) is 0.333. The summed E-state index contributed by atoms with van der Waals surface area (Å²) in [5.74, 6) is 0.833. The molecule has 3 heterocycles. The molecule has 1 saturated heterocycles. The smallest absolute Gasteiger partial charge is 0.310 e. The zero-order valence-corrected chi connectivity index (χ0v) is 21.3. The highest BCUT2D eigenvalue weighted by atomic mass is 32.1. The molecule has 6 rings (SSSR count). The number of amides is 1. The lowest BCUT2D eigenvalue weighted by molar-refractivity contribution is -0.141. The first-order valence-electron chi connectivity index (χ1n) is 11.8. The topological polar surface area (TPSA) is 102 Å². The lowest BCUT2D eigenvalue weighted by atomic mass is 9.65. The molecule has 4 atom stereocenters. The molecular weight excluding hydrogens is 498 g/mol. The van der Waals surface area contributed by atoms with Crippen molar-refractivity contribution >= 4 is 23.2 Å². The minimum atomic E-state index is -0.552. The van der Waals surface area contributed by atoms with E-state index in [2.05, 4.69) is 5.32 Å². The zero-order chi connectivity index (χ0) is 25.7.